The molecule has 14 heavy (non-hydrogen) atoms. The first-order valence-corrected chi connectivity index (χ1v) is 5.16. The molecular weight excluding hydrogens is 206 g/mol. The number of hydrogen-bond donors (Lipinski definition) is 1. The number of aliphatic carboxylic acids is 1. The molecule has 2 unspecified atom stereocenters. The van der Waals surface area contributed by atoms with Gasteiger partial charge in [-0.25, -0.2) is 4.79 Å². The van der Waals surface area contributed by atoms with Crippen LogP contribution in [-0.4, -0.2) is 39.8 Å². The van der Waals surface area contributed by atoms with Crippen LogP contribution in [0.1, 0.15) is 26.2 Å². The van der Waals surface area contributed by atoms with Crippen LogP contribution >= 0.6 is 11.6 Å². The summed E-state index contributed by atoms with van der Waals surface area (Å²) in [6.45, 7) is 2.26. The van der Waals surface area contributed by atoms with Gasteiger partial charge in [-0.15, -0.1) is 11.6 Å². The smallest absolute Gasteiger partial charge is 0.326 e. The highest BCUT2D eigenvalue weighted by Gasteiger charge is 2.36. The lowest BCUT2D eigenvalue weighted by molar-refractivity contribution is -0.148. The van der Waals surface area contributed by atoms with E-state index in [1.54, 1.807) is 0 Å². The topological polar surface area (TPSA) is 57.6 Å². The summed E-state index contributed by atoms with van der Waals surface area (Å²) >= 11 is 5.80. The number of carbonyl (C=O) groups is 2. The Morgan fingerprint density at radius 2 is 2.43 bits per heavy atom. The zero-order valence-electron chi connectivity index (χ0n) is 8.07. The SMILES string of the molecule is CCCC(C(=O)O)N1CC(Cl)CC1=O. The molecule has 1 N–H and O–H groups in total. The van der Waals surface area contributed by atoms with Crippen molar-refractivity contribution in [3.8, 4) is 0 Å². The molecule has 4 nitrogen and oxygen atoms in total. The minimum absolute atomic E-state index is 0.147. The third kappa shape index (κ3) is 2.38. The molecule has 0 bridgehead atoms. The molecule has 0 radical (unpaired) electrons. The number of halogens is 1. The molecule has 5 heteroatoms. The lowest BCUT2D eigenvalue weighted by Crippen LogP contribution is -2.42. The van der Waals surface area contributed by atoms with Gasteiger partial charge in [0.15, 0.2) is 0 Å². The Balaban J connectivity index is 2.68. The third-order valence-electron chi connectivity index (χ3n) is 2.33. The molecular formula is C9H14ClNO3. The van der Waals surface area contributed by atoms with E-state index < -0.39 is 12.0 Å². The molecule has 1 saturated heterocycles. The van der Waals surface area contributed by atoms with Crippen molar-refractivity contribution in [2.75, 3.05) is 6.54 Å². The Morgan fingerprint density at radius 1 is 1.79 bits per heavy atom. The molecule has 0 saturated carbocycles. The van der Waals surface area contributed by atoms with Crippen molar-refractivity contribution >= 4 is 23.5 Å². The van der Waals surface area contributed by atoms with Crippen molar-refractivity contribution in [1.29, 1.82) is 0 Å². The van der Waals surface area contributed by atoms with Crippen LogP contribution in [0, 0.1) is 0 Å². The minimum atomic E-state index is -0.939. The second-order valence-corrected chi connectivity index (χ2v) is 4.11. The summed E-state index contributed by atoms with van der Waals surface area (Å²) in [5.41, 5.74) is 0. The maximum absolute atomic E-state index is 11.4. The zero-order valence-corrected chi connectivity index (χ0v) is 8.83. The zero-order chi connectivity index (χ0) is 10.7. The first-order valence-electron chi connectivity index (χ1n) is 4.72. The van der Waals surface area contributed by atoms with Crippen LogP contribution in [0.4, 0.5) is 0 Å². The number of carboxylic acids is 1. The Bertz CT molecular complexity index is 244. The van der Waals surface area contributed by atoms with Gasteiger partial charge < -0.3 is 10.0 Å². The quantitative estimate of drug-likeness (QED) is 0.720. The molecule has 1 rings (SSSR count). The van der Waals surface area contributed by atoms with E-state index in [0.29, 0.717) is 13.0 Å². The van der Waals surface area contributed by atoms with Crippen LogP contribution in [0.2, 0.25) is 0 Å². The molecule has 0 spiro atoms. The fraction of sp³-hybridized carbons (Fsp3) is 0.778. The number of hydrogen-bond acceptors (Lipinski definition) is 2. The Hall–Kier alpha value is -0.770. The van der Waals surface area contributed by atoms with E-state index in [4.69, 9.17) is 16.7 Å². The first kappa shape index (κ1) is 11.3. The van der Waals surface area contributed by atoms with Crippen LogP contribution in [0.5, 0.6) is 0 Å². The van der Waals surface area contributed by atoms with Crippen molar-refractivity contribution < 1.29 is 14.7 Å². The van der Waals surface area contributed by atoms with E-state index in [0.717, 1.165) is 6.42 Å². The number of carboxylic acid groups (broad SMARTS) is 1. The Kier molecular flexibility index (Phi) is 3.75. The van der Waals surface area contributed by atoms with E-state index in [2.05, 4.69) is 0 Å². The van der Waals surface area contributed by atoms with E-state index in [1.807, 2.05) is 6.92 Å². The van der Waals surface area contributed by atoms with Gasteiger partial charge in [0, 0.05) is 13.0 Å². The highest BCUT2D eigenvalue weighted by atomic mass is 35.5. The Morgan fingerprint density at radius 3 is 2.79 bits per heavy atom. The summed E-state index contributed by atoms with van der Waals surface area (Å²) in [4.78, 5) is 23.7. The number of amides is 1. The predicted octanol–water partition coefficient (Wildman–Crippen LogP) is 1.08. The maximum atomic E-state index is 11.4. The summed E-state index contributed by atoms with van der Waals surface area (Å²) in [6, 6.07) is -0.698. The normalized spacial score (nSPS) is 24.0. The molecule has 0 aromatic heterocycles. The van der Waals surface area contributed by atoms with Crippen molar-refractivity contribution in [2.45, 2.75) is 37.6 Å². The van der Waals surface area contributed by atoms with Gasteiger partial charge in [0.2, 0.25) is 5.91 Å². The summed E-state index contributed by atoms with van der Waals surface area (Å²) in [6.07, 6.45) is 1.49. The second-order valence-electron chi connectivity index (χ2n) is 3.49. The maximum Gasteiger partial charge on any atom is 0.326 e. The van der Waals surface area contributed by atoms with Crippen molar-refractivity contribution in [3.05, 3.63) is 0 Å². The van der Waals surface area contributed by atoms with Crippen LogP contribution in [0.15, 0.2) is 0 Å². The fourth-order valence-corrected chi connectivity index (χ4v) is 1.95. The fourth-order valence-electron chi connectivity index (χ4n) is 1.67. The van der Waals surface area contributed by atoms with E-state index in [-0.39, 0.29) is 17.7 Å². The van der Waals surface area contributed by atoms with Crippen LogP contribution in [0.3, 0.4) is 0 Å². The first-order chi connectivity index (χ1) is 6.56. The van der Waals surface area contributed by atoms with Crippen LogP contribution < -0.4 is 0 Å². The lowest BCUT2D eigenvalue weighted by atomic mass is 10.1. The molecule has 0 aromatic carbocycles. The summed E-state index contributed by atoms with van der Waals surface area (Å²) in [5, 5.41) is 8.70. The number of likely N-dealkylation sites (tertiary alicyclic amines) is 1. The molecule has 1 fully saturated rings. The van der Waals surface area contributed by atoms with E-state index in [1.165, 1.54) is 4.90 Å². The van der Waals surface area contributed by atoms with Gasteiger partial charge in [-0.05, 0) is 6.42 Å². The van der Waals surface area contributed by atoms with Crippen molar-refractivity contribution in [1.82, 2.24) is 4.90 Å². The van der Waals surface area contributed by atoms with Gasteiger partial charge in [0.25, 0.3) is 0 Å². The van der Waals surface area contributed by atoms with Crippen LogP contribution in [0.25, 0.3) is 0 Å². The molecule has 1 aliphatic rings. The second kappa shape index (κ2) is 4.64. The number of carbonyl (C=O) groups excluding carboxylic acids is 1. The highest BCUT2D eigenvalue weighted by Crippen LogP contribution is 2.21. The predicted molar refractivity (Wildman–Crippen MR) is 52.3 cm³/mol. The van der Waals surface area contributed by atoms with Gasteiger partial charge in [0.1, 0.15) is 6.04 Å². The molecule has 0 aromatic rings. The standard InChI is InChI=1S/C9H14ClNO3/c1-2-3-7(9(13)14)11-5-6(10)4-8(11)12/h6-7H,2-5H2,1H3,(H,13,14). The van der Waals surface area contributed by atoms with Gasteiger partial charge >= 0.3 is 5.97 Å². The molecule has 80 valence electrons. The summed E-state index contributed by atoms with van der Waals surface area (Å²) in [5.74, 6) is -1.09. The molecule has 1 amide bonds. The van der Waals surface area contributed by atoms with Crippen LogP contribution in [-0.2, 0) is 9.59 Å². The number of rotatable bonds is 4. The average Bonchev–Trinajstić information content (AvgIpc) is 2.40. The number of alkyl halides is 1. The number of nitrogens with zero attached hydrogens (tertiary/aromatic N) is 1. The van der Waals surface area contributed by atoms with Gasteiger partial charge in [-0.3, -0.25) is 4.79 Å². The van der Waals surface area contributed by atoms with Gasteiger partial charge in [0.05, 0.1) is 5.38 Å². The molecule has 1 heterocycles. The third-order valence-corrected chi connectivity index (χ3v) is 2.63. The van der Waals surface area contributed by atoms with Crippen molar-refractivity contribution in [3.63, 3.8) is 0 Å². The highest BCUT2D eigenvalue weighted by molar-refractivity contribution is 6.22. The van der Waals surface area contributed by atoms with E-state index in [9.17, 15) is 9.59 Å². The summed E-state index contributed by atoms with van der Waals surface area (Å²) in [7, 11) is 0. The lowest BCUT2D eigenvalue weighted by Gasteiger charge is -2.23. The molecule has 1 aliphatic heterocycles. The molecule has 0 aliphatic carbocycles. The largest absolute Gasteiger partial charge is 0.480 e. The van der Waals surface area contributed by atoms with E-state index >= 15 is 0 Å². The van der Waals surface area contributed by atoms with Gasteiger partial charge in [-0.2, -0.15) is 0 Å². The Labute approximate surface area is 87.8 Å². The van der Waals surface area contributed by atoms with Gasteiger partial charge in [-0.1, -0.05) is 13.3 Å². The monoisotopic (exact) mass is 219 g/mol. The summed E-state index contributed by atoms with van der Waals surface area (Å²) < 4.78 is 0. The van der Waals surface area contributed by atoms with Crippen molar-refractivity contribution in [2.24, 2.45) is 0 Å². The average molecular weight is 220 g/mol. The molecule has 2 atom stereocenters. The minimum Gasteiger partial charge on any atom is -0.480 e.